The van der Waals surface area contributed by atoms with Gasteiger partial charge in [0.2, 0.25) is 0 Å². The zero-order valence-electron chi connectivity index (χ0n) is 10.8. The largest absolute Gasteiger partial charge is 0.466 e. The molecule has 0 spiro atoms. The second kappa shape index (κ2) is 7.70. The van der Waals surface area contributed by atoms with Gasteiger partial charge in [-0.15, -0.1) is 0 Å². The number of rotatable bonds is 6. The Labute approximate surface area is 99.8 Å². The third kappa shape index (κ3) is 5.53. The van der Waals surface area contributed by atoms with Gasteiger partial charge in [0.05, 0.1) is 6.61 Å². The number of esters is 1. The monoisotopic (exact) mass is 226 g/mol. The summed E-state index contributed by atoms with van der Waals surface area (Å²) in [6.07, 6.45) is 10.2. The van der Waals surface area contributed by atoms with Crippen molar-refractivity contribution in [3.63, 3.8) is 0 Å². The fourth-order valence-electron chi connectivity index (χ4n) is 2.60. The lowest BCUT2D eigenvalue weighted by Crippen LogP contribution is -2.12. The van der Waals surface area contributed by atoms with E-state index in [-0.39, 0.29) is 5.97 Å². The maximum atomic E-state index is 11.3. The Balaban J connectivity index is 2.08. The zero-order chi connectivity index (χ0) is 11.8. The maximum Gasteiger partial charge on any atom is 0.306 e. The molecule has 16 heavy (non-hydrogen) atoms. The standard InChI is InChI=1S/C14H26O2/c1-3-16-14(15)11-12(2)9-10-13-7-5-4-6-8-13/h12-13H,3-11H2,1-2H3/t12-/m0/s1. The second-order valence-electron chi connectivity index (χ2n) is 5.20. The van der Waals surface area contributed by atoms with Crippen molar-refractivity contribution in [1.29, 1.82) is 0 Å². The summed E-state index contributed by atoms with van der Waals surface area (Å²) in [6, 6.07) is 0. The lowest BCUT2D eigenvalue weighted by atomic mass is 9.84. The minimum absolute atomic E-state index is 0.0290. The second-order valence-corrected chi connectivity index (χ2v) is 5.20. The summed E-state index contributed by atoms with van der Waals surface area (Å²) in [4.78, 5) is 11.3. The van der Waals surface area contributed by atoms with Gasteiger partial charge in [0.1, 0.15) is 0 Å². The van der Waals surface area contributed by atoms with E-state index in [2.05, 4.69) is 6.92 Å². The van der Waals surface area contributed by atoms with Gasteiger partial charge in [0.25, 0.3) is 0 Å². The van der Waals surface area contributed by atoms with E-state index < -0.39 is 0 Å². The van der Waals surface area contributed by atoms with Crippen LogP contribution < -0.4 is 0 Å². The number of carbonyl (C=O) groups is 1. The van der Waals surface area contributed by atoms with E-state index in [1.807, 2.05) is 6.92 Å². The zero-order valence-corrected chi connectivity index (χ0v) is 10.8. The fourth-order valence-corrected chi connectivity index (χ4v) is 2.60. The summed E-state index contributed by atoms with van der Waals surface area (Å²) < 4.78 is 4.97. The number of hydrogen-bond donors (Lipinski definition) is 0. The van der Waals surface area contributed by atoms with Gasteiger partial charge in [0.15, 0.2) is 0 Å². The van der Waals surface area contributed by atoms with E-state index in [0.29, 0.717) is 18.9 Å². The molecular weight excluding hydrogens is 200 g/mol. The van der Waals surface area contributed by atoms with Crippen LogP contribution in [0.1, 0.15) is 65.2 Å². The Hall–Kier alpha value is -0.530. The van der Waals surface area contributed by atoms with E-state index in [1.165, 1.54) is 44.9 Å². The summed E-state index contributed by atoms with van der Waals surface area (Å²) in [5.74, 6) is 1.39. The molecule has 0 bridgehead atoms. The minimum atomic E-state index is -0.0290. The van der Waals surface area contributed by atoms with Gasteiger partial charge in [-0.25, -0.2) is 0 Å². The molecule has 0 radical (unpaired) electrons. The van der Waals surface area contributed by atoms with Crippen molar-refractivity contribution in [1.82, 2.24) is 0 Å². The van der Waals surface area contributed by atoms with E-state index in [0.717, 1.165) is 5.92 Å². The maximum absolute atomic E-state index is 11.3. The highest BCUT2D eigenvalue weighted by atomic mass is 16.5. The van der Waals surface area contributed by atoms with Gasteiger partial charge >= 0.3 is 5.97 Å². The third-order valence-electron chi connectivity index (χ3n) is 3.61. The van der Waals surface area contributed by atoms with Crippen molar-refractivity contribution in [2.75, 3.05) is 6.61 Å². The molecule has 2 nitrogen and oxygen atoms in total. The highest BCUT2D eigenvalue weighted by Gasteiger charge is 2.16. The van der Waals surface area contributed by atoms with E-state index in [9.17, 15) is 4.79 Å². The fraction of sp³-hybridized carbons (Fsp3) is 0.929. The number of hydrogen-bond acceptors (Lipinski definition) is 2. The molecule has 1 atom stereocenters. The Kier molecular flexibility index (Phi) is 6.51. The Morgan fingerprint density at radius 1 is 1.31 bits per heavy atom. The molecule has 0 unspecified atom stereocenters. The topological polar surface area (TPSA) is 26.3 Å². The molecule has 0 aromatic carbocycles. The van der Waals surface area contributed by atoms with Crippen molar-refractivity contribution in [2.45, 2.75) is 65.2 Å². The first-order chi connectivity index (χ1) is 7.72. The lowest BCUT2D eigenvalue weighted by Gasteiger charge is -2.22. The first-order valence-corrected chi connectivity index (χ1v) is 6.88. The normalized spacial score (nSPS) is 19.4. The third-order valence-corrected chi connectivity index (χ3v) is 3.61. The average Bonchev–Trinajstić information content (AvgIpc) is 2.28. The molecule has 0 aromatic rings. The van der Waals surface area contributed by atoms with Gasteiger partial charge in [-0.1, -0.05) is 45.4 Å². The van der Waals surface area contributed by atoms with Gasteiger partial charge < -0.3 is 4.74 Å². The van der Waals surface area contributed by atoms with Crippen molar-refractivity contribution in [3.05, 3.63) is 0 Å². The Morgan fingerprint density at radius 2 is 2.00 bits per heavy atom. The van der Waals surface area contributed by atoms with Crippen LogP contribution in [0.3, 0.4) is 0 Å². The molecule has 2 heteroatoms. The SMILES string of the molecule is CCOC(=O)C[C@@H](C)CCC1CCCCC1. The number of carbonyl (C=O) groups excluding carboxylic acids is 1. The molecule has 0 saturated heterocycles. The smallest absolute Gasteiger partial charge is 0.306 e. The Bertz CT molecular complexity index is 195. The van der Waals surface area contributed by atoms with Gasteiger partial charge in [0, 0.05) is 6.42 Å². The van der Waals surface area contributed by atoms with Crippen LogP contribution in [0.15, 0.2) is 0 Å². The lowest BCUT2D eigenvalue weighted by molar-refractivity contribution is -0.144. The summed E-state index contributed by atoms with van der Waals surface area (Å²) >= 11 is 0. The molecule has 0 aromatic heterocycles. The van der Waals surface area contributed by atoms with Crippen LogP contribution in [0.4, 0.5) is 0 Å². The van der Waals surface area contributed by atoms with Crippen LogP contribution in [-0.2, 0) is 9.53 Å². The van der Waals surface area contributed by atoms with Crippen LogP contribution in [0, 0.1) is 11.8 Å². The van der Waals surface area contributed by atoms with Crippen molar-refractivity contribution in [3.8, 4) is 0 Å². The van der Waals surface area contributed by atoms with Crippen LogP contribution in [0.5, 0.6) is 0 Å². The molecule has 1 fully saturated rings. The van der Waals surface area contributed by atoms with Gasteiger partial charge in [-0.2, -0.15) is 0 Å². The molecule has 0 heterocycles. The first kappa shape index (κ1) is 13.5. The quantitative estimate of drug-likeness (QED) is 0.641. The summed E-state index contributed by atoms with van der Waals surface area (Å²) in [5, 5.41) is 0. The first-order valence-electron chi connectivity index (χ1n) is 6.88. The summed E-state index contributed by atoms with van der Waals surface area (Å²) in [7, 11) is 0. The molecule has 0 amide bonds. The summed E-state index contributed by atoms with van der Waals surface area (Å²) in [6.45, 7) is 4.54. The van der Waals surface area contributed by atoms with Crippen LogP contribution in [-0.4, -0.2) is 12.6 Å². The molecule has 94 valence electrons. The van der Waals surface area contributed by atoms with Gasteiger partial charge in [-0.05, 0) is 25.2 Å². The van der Waals surface area contributed by atoms with E-state index in [4.69, 9.17) is 4.74 Å². The molecule has 0 aliphatic heterocycles. The predicted molar refractivity (Wildman–Crippen MR) is 66.2 cm³/mol. The van der Waals surface area contributed by atoms with Crippen LogP contribution in [0.25, 0.3) is 0 Å². The van der Waals surface area contributed by atoms with Crippen molar-refractivity contribution >= 4 is 5.97 Å². The minimum Gasteiger partial charge on any atom is -0.466 e. The van der Waals surface area contributed by atoms with Crippen LogP contribution in [0.2, 0.25) is 0 Å². The van der Waals surface area contributed by atoms with Crippen molar-refractivity contribution in [2.24, 2.45) is 11.8 Å². The summed E-state index contributed by atoms with van der Waals surface area (Å²) in [5.41, 5.74) is 0. The molecule has 1 aliphatic carbocycles. The molecule has 0 N–H and O–H groups in total. The molecule has 1 rings (SSSR count). The average molecular weight is 226 g/mol. The van der Waals surface area contributed by atoms with Crippen molar-refractivity contribution < 1.29 is 9.53 Å². The predicted octanol–water partition coefficient (Wildman–Crippen LogP) is 3.94. The highest BCUT2D eigenvalue weighted by molar-refractivity contribution is 5.69. The molecule has 1 aliphatic rings. The van der Waals surface area contributed by atoms with E-state index in [1.54, 1.807) is 0 Å². The number of ether oxygens (including phenoxy) is 1. The van der Waals surface area contributed by atoms with Gasteiger partial charge in [-0.3, -0.25) is 4.79 Å². The van der Waals surface area contributed by atoms with Crippen LogP contribution >= 0.6 is 0 Å². The highest BCUT2D eigenvalue weighted by Crippen LogP contribution is 2.29. The van der Waals surface area contributed by atoms with E-state index >= 15 is 0 Å². The molecule has 1 saturated carbocycles. The Morgan fingerprint density at radius 3 is 2.62 bits per heavy atom. The molecular formula is C14H26O2.